The normalized spacial score (nSPS) is 10.5. The first kappa shape index (κ1) is 22.1. The van der Waals surface area contributed by atoms with Crippen LogP contribution >= 0.6 is 0 Å². The van der Waals surface area contributed by atoms with Gasteiger partial charge in [0, 0.05) is 16.2 Å². The van der Waals surface area contributed by atoms with Crippen molar-refractivity contribution in [3.63, 3.8) is 0 Å². The van der Waals surface area contributed by atoms with E-state index < -0.39 is 0 Å². The molecular formula is C32H10N6. The van der Waals surface area contributed by atoms with Crippen LogP contribution < -0.4 is 0 Å². The van der Waals surface area contributed by atoms with Crippen molar-refractivity contribution in [3.05, 3.63) is 94.0 Å². The zero-order chi connectivity index (χ0) is 26.6. The predicted octanol–water partition coefficient (Wildman–Crippen LogP) is 6.68. The molecule has 0 heterocycles. The molecular weight excluding hydrogens is 468 g/mol. The van der Waals surface area contributed by atoms with Crippen LogP contribution in [0.3, 0.4) is 0 Å². The molecule has 6 rings (SSSR count). The lowest BCUT2D eigenvalue weighted by atomic mass is 9.81. The van der Waals surface area contributed by atoms with E-state index >= 15 is 0 Å². The maximum atomic E-state index is 10.3. The van der Waals surface area contributed by atoms with Crippen LogP contribution in [0.1, 0.15) is 33.4 Å². The molecule has 0 radical (unpaired) electrons. The van der Waals surface area contributed by atoms with Crippen molar-refractivity contribution in [1.82, 2.24) is 0 Å². The predicted molar refractivity (Wildman–Crippen MR) is 142 cm³/mol. The van der Waals surface area contributed by atoms with Crippen LogP contribution in [0.25, 0.3) is 53.9 Å². The summed E-state index contributed by atoms with van der Waals surface area (Å²) in [6.07, 6.45) is 0. The van der Waals surface area contributed by atoms with Gasteiger partial charge in [0.05, 0.1) is 33.4 Å². The summed E-state index contributed by atoms with van der Waals surface area (Å²) in [5, 5.41) is 66.9. The Kier molecular flexibility index (Phi) is 4.68. The summed E-state index contributed by atoms with van der Waals surface area (Å²) < 4.78 is 0. The van der Waals surface area contributed by atoms with Crippen LogP contribution in [0.4, 0.5) is 0 Å². The lowest BCUT2D eigenvalue weighted by molar-refractivity contribution is 1.40. The number of hydrogen-bond donors (Lipinski definition) is 0. The van der Waals surface area contributed by atoms with Gasteiger partial charge in [0.2, 0.25) is 0 Å². The minimum Gasteiger partial charge on any atom is -0.192 e. The molecule has 168 valence electrons. The van der Waals surface area contributed by atoms with Gasteiger partial charge in [0.25, 0.3) is 0 Å². The Balaban J connectivity index is 2.20. The zero-order valence-electron chi connectivity index (χ0n) is 19.5. The third-order valence-electron chi connectivity index (χ3n) is 7.07. The Morgan fingerprint density at radius 1 is 0.342 bits per heavy atom. The molecule has 0 aromatic heterocycles. The van der Waals surface area contributed by atoms with Gasteiger partial charge in [-0.15, -0.1) is 0 Å². The van der Waals surface area contributed by atoms with Crippen LogP contribution in [-0.2, 0) is 0 Å². The Labute approximate surface area is 215 Å². The highest BCUT2D eigenvalue weighted by Gasteiger charge is 2.26. The van der Waals surface area contributed by atoms with Gasteiger partial charge in [-0.3, -0.25) is 0 Å². The van der Waals surface area contributed by atoms with Gasteiger partial charge >= 0.3 is 0 Å². The zero-order valence-corrected chi connectivity index (χ0v) is 19.5. The van der Waals surface area contributed by atoms with Gasteiger partial charge in [-0.25, -0.2) is 0 Å². The van der Waals surface area contributed by atoms with Gasteiger partial charge < -0.3 is 0 Å². The molecule has 0 aliphatic rings. The van der Waals surface area contributed by atoms with Gasteiger partial charge in [-0.1, -0.05) is 48.5 Å². The van der Waals surface area contributed by atoms with Crippen molar-refractivity contribution < 1.29 is 0 Å². The summed E-state index contributed by atoms with van der Waals surface area (Å²) in [5.74, 6) is 0. The van der Waals surface area contributed by atoms with E-state index in [-0.39, 0.29) is 33.4 Å². The Bertz CT molecular complexity index is 2360. The van der Waals surface area contributed by atoms with Crippen molar-refractivity contribution in [2.24, 2.45) is 0 Å². The maximum Gasteiger partial charge on any atom is 0.102 e. The van der Waals surface area contributed by atoms with E-state index in [1.54, 1.807) is 6.07 Å². The average Bonchev–Trinajstić information content (AvgIpc) is 2.98. The smallest absolute Gasteiger partial charge is 0.102 e. The molecule has 0 fully saturated rings. The van der Waals surface area contributed by atoms with Gasteiger partial charge in [0.15, 0.2) is 0 Å². The molecule has 0 saturated carbocycles. The number of nitriles is 6. The highest BCUT2D eigenvalue weighted by atomic mass is 14.4. The number of nitrogens with zero attached hydrogens (tertiary/aromatic N) is 6. The molecule has 0 aliphatic carbocycles. The van der Waals surface area contributed by atoms with Crippen molar-refractivity contribution in [2.75, 3.05) is 0 Å². The second kappa shape index (κ2) is 8.06. The van der Waals surface area contributed by atoms with Crippen LogP contribution in [0.15, 0.2) is 60.7 Å². The largest absolute Gasteiger partial charge is 0.192 e. The molecule has 0 spiro atoms. The Morgan fingerprint density at radius 2 is 0.737 bits per heavy atom. The fourth-order valence-corrected chi connectivity index (χ4v) is 5.60. The SMILES string of the molecule is N#Cc1cc2c(cc1C#N)c1c3ccccc3c3ccccc3c1c1c(C#N)c(C#N)c(C#N)c(C#N)c21. The summed E-state index contributed by atoms with van der Waals surface area (Å²) in [5.41, 5.74) is -0.121. The van der Waals surface area contributed by atoms with Gasteiger partial charge in [-0.05, 0) is 49.8 Å². The summed E-state index contributed by atoms with van der Waals surface area (Å²) in [6.45, 7) is 0. The Morgan fingerprint density at radius 3 is 1.18 bits per heavy atom. The van der Waals surface area contributed by atoms with E-state index in [2.05, 4.69) is 18.2 Å². The first-order valence-corrected chi connectivity index (χ1v) is 11.4. The molecule has 0 aliphatic heterocycles. The van der Waals surface area contributed by atoms with Crippen LogP contribution in [0.2, 0.25) is 0 Å². The molecule has 38 heavy (non-hydrogen) atoms. The van der Waals surface area contributed by atoms with E-state index in [9.17, 15) is 31.6 Å². The maximum absolute atomic E-state index is 10.3. The quantitative estimate of drug-likeness (QED) is 0.223. The molecule has 6 nitrogen and oxygen atoms in total. The van der Waals surface area contributed by atoms with Crippen molar-refractivity contribution >= 4 is 53.9 Å². The van der Waals surface area contributed by atoms with E-state index in [1.165, 1.54) is 6.07 Å². The molecule has 6 aromatic carbocycles. The lowest BCUT2D eigenvalue weighted by Gasteiger charge is -2.19. The molecule has 0 N–H and O–H groups in total. The Hall–Kier alpha value is -6.44. The van der Waals surface area contributed by atoms with E-state index in [0.29, 0.717) is 26.9 Å². The molecule has 0 atom stereocenters. The summed E-state index contributed by atoms with van der Waals surface area (Å²) in [7, 11) is 0. The van der Waals surface area contributed by atoms with Crippen molar-refractivity contribution in [3.8, 4) is 36.4 Å². The van der Waals surface area contributed by atoms with Crippen LogP contribution in [0, 0.1) is 68.0 Å². The van der Waals surface area contributed by atoms with E-state index in [1.807, 2.05) is 66.7 Å². The lowest BCUT2D eigenvalue weighted by Crippen LogP contribution is -2.01. The fraction of sp³-hybridized carbons (Fsp3) is 0. The molecule has 0 amide bonds. The molecule has 0 unspecified atom stereocenters. The second-order valence-electron chi connectivity index (χ2n) is 8.71. The minimum absolute atomic E-state index is 0.00625. The summed E-state index contributed by atoms with van der Waals surface area (Å²) >= 11 is 0. The van der Waals surface area contributed by atoms with E-state index in [0.717, 1.165) is 26.9 Å². The van der Waals surface area contributed by atoms with Gasteiger partial charge in [0.1, 0.15) is 36.4 Å². The molecule has 6 aromatic rings. The number of fused-ring (bicyclic) bond motifs is 11. The summed E-state index contributed by atoms with van der Waals surface area (Å²) in [4.78, 5) is 0. The average molecular weight is 478 g/mol. The monoisotopic (exact) mass is 478 g/mol. The third-order valence-corrected chi connectivity index (χ3v) is 7.07. The minimum atomic E-state index is -0.187. The van der Waals surface area contributed by atoms with Crippen molar-refractivity contribution in [1.29, 1.82) is 31.6 Å². The summed E-state index contributed by atoms with van der Waals surface area (Å²) in [6, 6.07) is 30.9. The molecule has 6 heteroatoms. The third kappa shape index (κ3) is 2.64. The molecule has 0 saturated heterocycles. The standard InChI is InChI=1S/C32H10N6/c33-11-17-9-23-24(10-18(17)12-34)30-27(15-37)25(13-35)26(14-36)28(16-38)32(30)31-22-8-4-2-6-20(22)19-5-1-3-7-21(19)29(23)31/h1-10H. The highest BCUT2D eigenvalue weighted by Crippen LogP contribution is 2.47. The van der Waals surface area contributed by atoms with Crippen LogP contribution in [-0.4, -0.2) is 0 Å². The molecule has 0 bridgehead atoms. The fourth-order valence-electron chi connectivity index (χ4n) is 5.60. The first-order valence-electron chi connectivity index (χ1n) is 11.4. The number of benzene rings is 6. The van der Waals surface area contributed by atoms with E-state index in [4.69, 9.17) is 0 Å². The number of hydrogen-bond acceptors (Lipinski definition) is 6. The second-order valence-corrected chi connectivity index (χ2v) is 8.71. The van der Waals surface area contributed by atoms with Crippen molar-refractivity contribution in [2.45, 2.75) is 0 Å². The topological polar surface area (TPSA) is 143 Å². The highest BCUT2D eigenvalue weighted by molar-refractivity contribution is 6.41. The first-order chi connectivity index (χ1) is 18.6. The number of rotatable bonds is 0. The van der Waals surface area contributed by atoms with Crippen LogP contribution in [0.5, 0.6) is 0 Å². The van der Waals surface area contributed by atoms with Gasteiger partial charge in [-0.2, -0.15) is 31.6 Å².